The lowest BCUT2D eigenvalue weighted by atomic mass is 9.97. The lowest BCUT2D eigenvalue weighted by molar-refractivity contribution is -0.121. The lowest BCUT2D eigenvalue weighted by Gasteiger charge is -2.33. The van der Waals surface area contributed by atoms with Crippen LogP contribution in [-0.2, 0) is 9.53 Å². The van der Waals surface area contributed by atoms with Crippen LogP contribution in [0.1, 0.15) is 33.6 Å². The van der Waals surface area contributed by atoms with Gasteiger partial charge >= 0.3 is 6.09 Å². The normalized spacial score (nSPS) is 18.2. The van der Waals surface area contributed by atoms with Gasteiger partial charge in [-0.1, -0.05) is 12.1 Å². The van der Waals surface area contributed by atoms with Crippen molar-refractivity contribution in [1.29, 1.82) is 0 Å². The van der Waals surface area contributed by atoms with Crippen LogP contribution in [-0.4, -0.2) is 45.6 Å². The lowest BCUT2D eigenvalue weighted by Crippen LogP contribution is -2.45. The second kappa shape index (κ2) is 6.74. The molecule has 7 heteroatoms. The number of hydrogen-bond acceptors (Lipinski definition) is 4. The van der Waals surface area contributed by atoms with Crippen LogP contribution >= 0.6 is 0 Å². The van der Waals surface area contributed by atoms with Gasteiger partial charge in [0.25, 0.3) is 0 Å². The van der Waals surface area contributed by atoms with Crippen molar-refractivity contribution in [2.45, 2.75) is 39.2 Å². The molecule has 0 spiro atoms. The molecule has 1 atom stereocenters. The van der Waals surface area contributed by atoms with Crippen molar-refractivity contribution in [1.82, 2.24) is 14.9 Å². The molecule has 0 aliphatic carbocycles. The van der Waals surface area contributed by atoms with Gasteiger partial charge in [-0.2, -0.15) is 0 Å². The maximum absolute atomic E-state index is 12.5. The number of anilines is 1. The number of imidazole rings is 1. The van der Waals surface area contributed by atoms with Gasteiger partial charge in [0.15, 0.2) is 0 Å². The van der Waals surface area contributed by atoms with Gasteiger partial charge in [0.2, 0.25) is 11.9 Å². The van der Waals surface area contributed by atoms with E-state index in [9.17, 15) is 9.59 Å². The third-order valence-corrected chi connectivity index (χ3v) is 4.07. The number of rotatable bonds is 2. The molecule has 1 aliphatic rings. The van der Waals surface area contributed by atoms with E-state index < -0.39 is 5.60 Å². The predicted molar refractivity (Wildman–Crippen MR) is 95.3 cm³/mol. The number of aromatic amines is 1. The van der Waals surface area contributed by atoms with Crippen molar-refractivity contribution in [2.24, 2.45) is 5.92 Å². The second-order valence-electron chi connectivity index (χ2n) is 7.36. The molecule has 1 aromatic heterocycles. The largest absolute Gasteiger partial charge is 0.444 e. The van der Waals surface area contributed by atoms with Crippen LogP contribution in [0.3, 0.4) is 0 Å². The van der Waals surface area contributed by atoms with E-state index in [-0.39, 0.29) is 17.9 Å². The quantitative estimate of drug-likeness (QED) is 0.876. The zero-order valence-corrected chi connectivity index (χ0v) is 14.8. The van der Waals surface area contributed by atoms with Crippen LogP contribution in [0.25, 0.3) is 11.0 Å². The molecule has 1 saturated heterocycles. The van der Waals surface area contributed by atoms with E-state index in [0.29, 0.717) is 19.0 Å². The van der Waals surface area contributed by atoms with Crippen LogP contribution in [0.4, 0.5) is 10.7 Å². The summed E-state index contributed by atoms with van der Waals surface area (Å²) in [6.45, 7) is 6.48. The minimum atomic E-state index is -0.541. The standard InChI is InChI=1S/C18H24N4O3/c1-18(2,3)25-17(24)22-10-6-7-12(11-22)15(23)21-16-19-13-8-4-5-9-14(13)20-16/h4-5,8-9,12H,6-7,10-11H2,1-3H3,(H2,19,20,21,23)/t12-/m0/s1. The highest BCUT2D eigenvalue weighted by molar-refractivity contribution is 5.93. The number of nitrogens with zero attached hydrogens (tertiary/aromatic N) is 2. The molecular formula is C18H24N4O3. The van der Waals surface area contributed by atoms with Crippen LogP contribution in [0.15, 0.2) is 24.3 Å². The molecule has 2 aromatic rings. The number of piperidine rings is 1. The summed E-state index contributed by atoms with van der Waals surface area (Å²) in [5, 5.41) is 2.82. The molecule has 1 aromatic carbocycles. The number of fused-ring (bicyclic) bond motifs is 1. The number of nitrogens with one attached hydrogen (secondary N) is 2. The molecule has 1 fully saturated rings. The molecule has 2 heterocycles. The van der Waals surface area contributed by atoms with Crippen molar-refractivity contribution in [3.63, 3.8) is 0 Å². The Morgan fingerprint density at radius 3 is 2.80 bits per heavy atom. The number of aromatic nitrogens is 2. The molecular weight excluding hydrogens is 320 g/mol. The summed E-state index contributed by atoms with van der Waals surface area (Å²) in [6.07, 6.45) is 1.15. The predicted octanol–water partition coefficient (Wildman–Crippen LogP) is 3.15. The maximum Gasteiger partial charge on any atom is 0.410 e. The zero-order chi connectivity index (χ0) is 18.0. The van der Waals surface area contributed by atoms with E-state index in [4.69, 9.17) is 4.74 Å². The summed E-state index contributed by atoms with van der Waals surface area (Å²) in [4.78, 5) is 33.8. The number of para-hydroxylation sites is 2. The van der Waals surface area contributed by atoms with Gasteiger partial charge in [0.1, 0.15) is 5.60 Å². The van der Waals surface area contributed by atoms with E-state index in [1.165, 1.54) is 0 Å². The number of ether oxygens (including phenoxy) is 1. The smallest absolute Gasteiger partial charge is 0.410 e. The van der Waals surface area contributed by atoms with Crippen molar-refractivity contribution >= 4 is 29.0 Å². The molecule has 7 nitrogen and oxygen atoms in total. The van der Waals surface area contributed by atoms with Gasteiger partial charge in [-0.3, -0.25) is 10.1 Å². The first kappa shape index (κ1) is 17.3. The Morgan fingerprint density at radius 1 is 1.32 bits per heavy atom. The topological polar surface area (TPSA) is 87.3 Å². The SMILES string of the molecule is CC(C)(C)OC(=O)N1CCC[C@H](C(=O)Nc2nc3ccccc3[nH]2)C1. The Balaban J connectivity index is 1.62. The number of H-pyrrole nitrogens is 1. The Hall–Kier alpha value is -2.57. The number of carbonyl (C=O) groups excluding carboxylic acids is 2. The number of likely N-dealkylation sites (tertiary alicyclic amines) is 1. The number of amides is 2. The van der Waals surface area contributed by atoms with Crippen LogP contribution in [0, 0.1) is 5.92 Å². The first-order chi connectivity index (χ1) is 11.8. The second-order valence-corrected chi connectivity index (χ2v) is 7.36. The van der Waals surface area contributed by atoms with Crippen molar-refractivity contribution in [3.8, 4) is 0 Å². The molecule has 1 aliphatic heterocycles. The number of carbonyl (C=O) groups is 2. The molecule has 0 bridgehead atoms. The van der Waals surface area contributed by atoms with Gasteiger partial charge in [-0.15, -0.1) is 0 Å². The minimum Gasteiger partial charge on any atom is -0.444 e. The highest BCUT2D eigenvalue weighted by Gasteiger charge is 2.31. The molecule has 0 unspecified atom stereocenters. The molecule has 2 N–H and O–H groups in total. The number of hydrogen-bond donors (Lipinski definition) is 2. The Labute approximate surface area is 146 Å². The van der Waals surface area contributed by atoms with Crippen molar-refractivity contribution in [2.75, 3.05) is 18.4 Å². The molecule has 2 amide bonds. The molecule has 3 rings (SSSR count). The average molecular weight is 344 g/mol. The summed E-state index contributed by atoms with van der Waals surface area (Å²) in [7, 11) is 0. The zero-order valence-electron chi connectivity index (χ0n) is 14.8. The fraction of sp³-hybridized carbons (Fsp3) is 0.500. The van der Waals surface area contributed by atoms with Crippen molar-refractivity contribution < 1.29 is 14.3 Å². The molecule has 0 saturated carbocycles. The fourth-order valence-corrected chi connectivity index (χ4v) is 2.91. The van der Waals surface area contributed by atoms with Crippen LogP contribution in [0.2, 0.25) is 0 Å². The van der Waals surface area contributed by atoms with Gasteiger partial charge in [0, 0.05) is 13.1 Å². The highest BCUT2D eigenvalue weighted by atomic mass is 16.6. The van der Waals surface area contributed by atoms with Crippen LogP contribution in [0.5, 0.6) is 0 Å². The summed E-state index contributed by atoms with van der Waals surface area (Å²) in [5.74, 6) is 0.0300. The number of benzene rings is 1. The summed E-state index contributed by atoms with van der Waals surface area (Å²) in [6, 6.07) is 7.59. The highest BCUT2D eigenvalue weighted by Crippen LogP contribution is 2.21. The van der Waals surface area contributed by atoms with Crippen molar-refractivity contribution in [3.05, 3.63) is 24.3 Å². The first-order valence-corrected chi connectivity index (χ1v) is 8.55. The Bertz CT molecular complexity index is 745. The molecule has 134 valence electrons. The van der Waals surface area contributed by atoms with E-state index in [1.54, 1.807) is 4.90 Å². The van der Waals surface area contributed by atoms with Gasteiger partial charge in [0.05, 0.1) is 17.0 Å². The molecule has 0 radical (unpaired) electrons. The fourth-order valence-electron chi connectivity index (χ4n) is 2.91. The Kier molecular flexibility index (Phi) is 4.65. The summed E-state index contributed by atoms with van der Waals surface area (Å²) in [5.41, 5.74) is 1.13. The van der Waals surface area contributed by atoms with Crippen LogP contribution < -0.4 is 5.32 Å². The monoisotopic (exact) mass is 344 g/mol. The van der Waals surface area contributed by atoms with Gasteiger partial charge < -0.3 is 14.6 Å². The third kappa shape index (κ3) is 4.29. The maximum atomic E-state index is 12.5. The summed E-state index contributed by atoms with van der Waals surface area (Å²) >= 11 is 0. The Morgan fingerprint density at radius 2 is 2.08 bits per heavy atom. The van der Waals surface area contributed by atoms with E-state index in [1.807, 2.05) is 45.0 Å². The summed E-state index contributed by atoms with van der Waals surface area (Å²) < 4.78 is 5.40. The van der Waals surface area contributed by atoms with E-state index >= 15 is 0 Å². The first-order valence-electron chi connectivity index (χ1n) is 8.55. The van der Waals surface area contributed by atoms with E-state index in [0.717, 1.165) is 23.9 Å². The van der Waals surface area contributed by atoms with Gasteiger partial charge in [-0.25, -0.2) is 9.78 Å². The average Bonchev–Trinajstić information content (AvgIpc) is 2.95. The minimum absolute atomic E-state index is 0.132. The van der Waals surface area contributed by atoms with Gasteiger partial charge in [-0.05, 0) is 45.7 Å². The molecule has 25 heavy (non-hydrogen) atoms. The van der Waals surface area contributed by atoms with E-state index in [2.05, 4.69) is 15.3 Å². The third-order valence-electron chi connectivity index (χ3n) is 4.07.